The average Bonchev–Trinajstić information content (AvgIpc) is 3.39. The maximum absolute atomic E-state index is 13.2. The highest BCUT2D eigenvalue weighted by molar-refractivity contribution is 7.91. The molecule has 1 atom stereocenters. The molecule has 11 heteroatoms. The number of hydrogen-bond acceptors (Lipinski definition) is 7. The highest BCUT2D eigenvalue weighted by Gasteiger charge is 2.34. The van der Waals surface area contributed by atoms with Gasteiger partial charge in [-0.15, -0.1) is 11.3 Å². The van der Waals surface area contributed by atoms with Gasteiger partial charge in [-0.1, -0.05) is 16.8 Å². The summed E-state index contributed by atoms with van der Waals surface area (Å²) in [7, 11) is -3.73. The molecule has 0 spiro atoms. The number of carbonyl (C=O) groups is 1. The third kappa shape index (κ3) is 4.67. The standard InChI is InChI=1S/C20H21ClN4O4S2/c1-12-8-16(21)5-6-17(12)23-20(26)14-4-3-7-25(10-14)31(27,28)18-9-15(11-30-18)19-22-13(2)29-24-19/h5-6,8-9,11,14H,3-4,7,10H2,1-2H3,(H,23,26). The van der Waals surface area contributed by atoms with Crippen molar-refractivity contribution in [2.45, 2.75) is 30.9 Å². The summed E-state index contributed by atoms with van der Waals surface area (Å²) in [6.07, 6.45) is 1.24. The van der Waals surface area contributed by atoms with Gasteiger partial charge in [-0.25, -0.2) is 8.42 Å². The number of hydrogen-bond donors (Lipinski definition) is 1. The lowest BCUT2D eigenvalue weighted by atomic mass is 9.98. The normalized spacial score (nSPS) is 17.6. The van der Waals surface area contributed by atoms with E-state index in [1.807, 2.05) is 6.92 Å². The molecule has 4 rings (SSSR count). The Balaban J connectivity index is 1.48. The van der Waals surface area contributed by atoms with Crippen LogP contribution in [0.15, 0.2) is 38.4 Å². The van der Waals surface area contributed by atoms with E-state index in [0.29, 0.717) is 47.4 Å². The van der Waals surface area contributed by atoms with Gasteiger partial charge in [-0.05, 0) is 49.6 Å². The van der Waals surface area contributed by atoms with Crippen molar-refractivity contribution in [1.82, 2.24) is 14.4 Å². The zero-order valence-electron chi connectivity index (χ0n) is 17.0. The van der Waals surface area contributed by atoms with Crippen molar-refractivity contribution in [3.05, 3.63) is 46.1 Å². The van der Waals surface area contributed by atoms with E-state index in [1.165, 1.54) is 4.31 Å². The Kier molecular flexibility index (Phi) is 6.16. The number of piperidine rings is 1. The van der Waals surface area contributed by atoms with Crippen LogP contribution in [-0.2, 0) is 14.8 Å². The van der Waals surface area contributed by atoms with E-state index in [0.717, 1.165) is 16.9 Å². The van der Waals surface area contributed by atoms with Crippen LogP contribution in [-0.4, -0.2) is 41.9 Å². The monoisotopic (exact) mass is 480 g/mol. The Morgan fingerprint density at radius 2 is 2.13 bits per heavy atom. The summed E-state index contributed by atoms with van der Waals surface area (Å²) < 4.78 is 32.9. The molecule has 1 N–H and O–H groups in total. The SMILES string of the molecule is Cc1nc(-c2csc(S(=O)(=O)N3CCCC(C(=O)Nc4ccc(Cl)cc4C)C3)c2)no1. The molecule has 3 heterocycles. The summed E-state index contributed by atoms with van der Waals surface area (Å²) in [5.41, 5.74) is 2.11. The lowest BCUT2D eigenvalue weighted by molar-refractivity contribution is -0.120. The van der Waals surface area contributed by atoms with Gasteiger partial charge in [0.05, 0.1) is 5.92 Å². The van der Waals surface area contributed by atoms with Crippen LogP contribution >= 0.6 is 22.9 Å². The molecule has 3 aromatic rings. The Morgan fingerprint density at radius 3 is 2.84 bits per heavy atom. The third-order valence-electron chi connectivity index (χ3n) is 5.16. The second kappa shape index (κ2) is 8.70. The third-order valence-corrected chi connectivity index (χ3v) is 8.67. The minimum atomic E-state index is -3.73. The van der Waals surface area contributed by atoms with E-state index in [4.69, 9.17) is 16.1 Å². The molecule has 1 unspecified atom stereocenters. The zero-order chi connectivity index (χ0) is 22.2. The maximum Gasteiger partial charge on any atom is 0.252 e. The molecule has 164 valence electrons. The fourth-order valence-electron chi connectivity index (χ4n) is 3.49. The lowest BCUT2D eigenvalue weighted by Gasteiger charge is -2.30. The second-order valence-corrected chi connectivity index (χ2v) is 11.0. The maximum atomic E-state index is 13.2. The molecule has 8 nitrogen and oxygen atoms in total. The number of aromatic nitrogens is 2. The Hall–Kier alpha value is -2.27. The molecule has 0 aliphatic carbocycles. The summed E-state index contributed by atoms with van der Waals surface area (Å²) in [6.45, 7) is 4.04. The molecule has 1 amide bonds. The predicted molar refractivity (Wildman–Crippen MR) is 119 cm³/mol. The van der Waals surface area contributed by atoms with Crippen molar-refractivity contribution in [2.75, 3.05) is 18.4 Å². The molecule has 1 aromatic carbocycles. The minimum absolute atomic E-state index is 0.134. The van der Waals surface area contributed by atoms with Crippen LogP contribution in [0.5, 0.6) is 0 Å². The molecule has 1 fully saturated rings. The van der Waals surface area contributed by atoms with Crippen molar-refractivity contribution in [3.63, 3.8) is 0 Å². The fraction of sp³-hybridized carbons (Fsp3) is 0.350. The molecule has 0 saturated carbocycles. The first-order chi connectivity index (χ1) is 14.7. The number of anilines is 1. The highest BCUT2D eigenvalue weighted by Crippen LogP contribution is 2.31. The minimum Gasteiger partial charge on any atom is -0.339 e. The summed E-state index contributed by atoms with van der Waals surface area (Å²) in [6, 6.07) is 6.78. The van der Waals surface area contributed by atoms with Gasteiger partial charge in [0.15, 0.2) is 0 Å². The van der Waals surface area contributed by atoms with Crippen molar-refractivity contribution in [1.29, 1.82) is 0 Å². The number of amides is 1. The number of nitrogens with one attached hydrogen (secondary N) is 1. The van der Waals surface area contributed by atoms with Gasteiger partial charge in [-0.3, -0.25) is 4.79 Å². The van der Waals surface area contributed by atoms with Crippen LogP contribution in [0.1, 0.15) is 24.3 Å². The molecule has 1 aliphatic heterocycles. The Morgan fingerprint density at radius 1 is 1.32 bits per heavy atom. The van der Waals surface area contributed by atoms with Gasteiger partial charge in [0, 0.05) is 41.7 Å². The highest BCUT2D eigenvalue weighted by atomic mass is 35.5. The van der Waals surface area contributed by atoms with Crippen molar-refractivity contribution < 1.29 is 17.7 Å². The van der Waals surface area contributed by atoms with Gasteiger partial charge >= 0.3 is 0 Å². The number of benzene rings is 1. The first-order valence-corrected chi connectivity index (χ1v) is 12.4. The van der Waals surface area contributed by atoms with Crippen LogP contribution < -0.4 is 5.32 Å². The van der Waals surface area contributed by atoms with Gasteiger partial charge < -0.3 is 9.84 Å². The van der Waals surface area contributed by atoms with Gasteiger partial charge in [0.1, 0.15) is 4.21 Å². The van der Waals surface area contributed by atoms with E-state index < -0.39 is 15.9 Å². The number of nitrogens with zero attached hydrogens (tertiary/aromatic N) is 3. The van der Waals surface area contributed by atoms with Crippen LogP contribution in [0.4, 0.5) is 5.69 Å². The molecular weight excluding hydrogens is 460 g/mol. The quantitative estimate of drug-likeness (QED) is 0.589. The van der Waals surface area contributed by atoms with Gasteiger partial charge in [0.2, 0.25) is 17.6 Å². The molecule has 31 heavy (non-hydrogen) atoms. The summed E-state index contributed by atoms with van der Waals surface area (Å²) in [4.78, 5) is 17.0. The predicted octanol–water partition coefficient (Wildman–Crippen LogP) is 4.11. The smallest absolute Gasteiger partial charge is 0.252 e. The molecule has 1 saturated heterocycles. The molecule has 0 bridgehead atoms. The van der Waals surface area contributed by atoms with Crippen molar-refractivity contribution in [3.8, 4) is 11.4 Å². The van der Waals surface area contributed by atoms with Crippen molar-refractivity contribution in [2.24, 2.45) is 5.92 Å². The number of rotatable bonds is 5. The van der Waals surface area contributed by atoms with Crippen LogP contribution in [0.2, 0.25) is 5.02 Å². The number of halogens is 1. The number of carbonyl (C=O) groups excluding carboxylic acids is 1. The topological polar surface area (TPSA) is 105 Å². The first-order valence-electron chi connectivity index (χ1n) is 9.70. The lowest BCUT2D eigenvalue weighted by Crippen LogP contribution is -2.43. The molecule has 1 aliphatic rings. The van der Waals surface area contributed by atoms with E-state index in [9.17, 15) is 13.2 Å². The van der Waals surface area contributed by atoms with Gasteiger partial charge in [0.25, 0.3) is 10.0 Å². The van der Waals surface area contributed by atoms with E-state index >= 15 is 0 Å². The fourth-order valence-corrected chi connectivity index (χ4v) is 6.55. The number of thiophene rings is 1. The summed E-state index contributed by atoms with van der Waals surface area (Å²) >= 11 is 7.08. The van der Waals surface area contributed by atoms with E-state index in [1.54, 1.807) is 36.6 Å². The summed E-state index contributed by atoms with van der Waals surface area (Å²) in [5, 5.41) is 9.02. The zero-order valence-corrected chi connectivity index (χ0v) is 19.4. The van der Waals surface area contributed by atoms with Crippen LogP contribution in [0.3, 0.4) is 0 Å². The number of aryl methyl sites for hydroxylation is 2. The Bertz CT molecular complexity index is 1220. The molecule has 2 aromatic heterocycles. The van der Waals surface area contributed by atoms with E-state index in [2.05, 4.69) is 15.5 Å². The molecular formula is C20H21ClN4O4S2. The van der Waals surface area contributed by atoms with Crippen LogP contribution in [0, 0.1) is 19.8 Å². The summed E-state index contributed by atoms with van der Waals surface area (Å²) in [5.74, 6) is 0.133. The van der Waals surface area contributed by atoms with Gasteiger partial charge in [-0.2, -0.15) is 9.29 Å². The second-order valence-electron chi connectivity index (χ2n) is 7.44. The van der Waals surface area contributed by atoms with Crippen molar-refractivity contribution >= 4 is 44.6 Å². The first kappa shape index (κ1) is 21.9. The Labute approximate surface area is 189 Å². The van der Waals surface area contributed by atoms with E-state index in [-0.39, 0.29) is 16.7 Å². The average molecular weight is 481 g/mol. The number of sulfonamides is 1. The largest absolute Gasteiger partial charge is 0.339 e. The molecule has 0 radical (unpaired) electrons. The van der Waals surface area contributed by atoms with Crippen LogP contribution in [0.25, 0.3) is 11.4 Å².